The lowest BCUT2D eigenvalue weighted by molar-refractivity contribution is 0.0199. The molecule has 2 saturated heterocycles. The normalized spacial score (nSPS) is 17.7. The zero-order valence-electron chi connectivity index (χ0n) is 25.9. The van der Waals surface area contributed by atoms with Gasteiger partial charge in [-0.1, -0.05) is 17.4 Å². The Morgan fingerprint density at radius 2 is 1.98 bits per heavy atom. The summed E-state index contributed by atoms with van der Waals surface area (Å²) in [6.07, 6.45) is 4.60. The number of carbonyl (C=O) groups excluding carboxylic acids is 1. The standard InChI is InChI=1S/C34H39N5O4S3/c1-21-36-26-16-23(3-6-29(26)45-21)32(42)39-12-2-8-34(20-39)9-13-38(14-10-34)18-24-15-22(19-44-24)7-11-35-17-28(41)25-4-5-27(40)30-31(25)46-33(43)37-30/h3-6,15-16,19,28,35,40-41H,2,7-14,17-18,20H2,1H3,(H,37,43)/t28-/m0/s1. The van der Waals surface area contributed by atoms with Crippen molar-refractivity contribution in [1.82, 2.24) is 25.1 Å². The second-order valence-electron chi connectivity index (χ2n) is 12.8. The van der Waals surface area contributed by atoms with Crippen molar-refractivity contribution in [2.45, 2.75) is 51.7 Å². The number of aliphatic hydroxyl groups excluding tert-OH is 1. The summed E-state index contributed by atoms with van der Waals surface area (Å²) >= 11 is 4.48. The minimum absolute atomic E-state index is 0.0125. The maximum atomic E-state index is 13.5. The molecule has 0 radical (unpaired) electrons. The van der Waals surface area contributed by atoms with Crippen LogP contribution < -0.4 is 10.2 Å². The fraction of sp³-hybridized carbons (Fsp3) is 0.441. The smallest absolute Gasteiger partial charge is 0.305 e. The Kier molecular flexibility index (Phi) is 9.01. The highest BCUT2D eigenvalue weighted by atomic mass is 32.1. The first-order valence-corrected chi connectivity index (χ1v) is 18.5. The first-order chi connectivity index (χ1) is 22.2. The summed E-state index contributed by atoms with van der Waals surface area (Å²) in [6.45, 7) is 7.85. The number of aryl methyl sites for hydroxylation is 1. The molecule has 12 heteroatoms. The van der Waals surface area contributed by atoms with Gasteiger partial charge in [0.2, 0.25) is 0 Å². The largest absolute Gasteiger partial charge is 0.506 e. The Hall–Kier alpha value is -3.13. The van der Waals surface area contributed by atoms with E-state index in [1.807, 2.05) is 36.5 Å². The van der Waals surface area contributed by atoms with Crippen LogP contribution >= 0.6 is 34.0 Å². The molecule has 7 rings (SSSR count). The molecule has 4 N–H and O–H groups in total. The van der Waals surface area contributed by atoms with Crippen molar-refractivity contribution in [2.75, 3.05) is 39.3 Å². The number of benzene rings is 2. The number of aromatic hydroxyl groups is 1. The summed E-state index contributed by atoms with van der Waals surface area (Å²) in [4.78, 5) is 38.3. The molecule has 1 atom stereocenters. The molecule has 2 aliphatic heterocycles. The highest BCUT2D eigenvalue weighted by Gasteiger charge is 2.40. The Morgan fingerprint density at radius 1 is 1.13 bits per heavy atom. The molecule has 0 aliphatic carbocycles. The molecule has 2 aromatic carbocycles. The number of amides is 1. The molecule has 5 heterocycles. The lowest BCUT2D eigenvalue weighted by atomic mass is 9.72. The van der Waals surface area contributed by atoms with E-state index >= 15 is 0 Å². The summed E-state index contributed by atoms with van der Waals surface area (Å²) < 4.78 is 1.73. The molecule has 3 aromatic heterocycles. The van der Waals surface area contributed by atoms with E-state index in [1.54, 1.807) is 17.4 Å². The van der Waals surface area contributed by atoms with Gasteiger partial charge in [0.15, 0.2) is 0 Å². The van der Waals surface area contributed by atoms with Gasteiger partial charge in [-0.3, -0.25) is 14.5 Å². The second kappa shape index (κ2) is 13.2. The summed E-state index contributed by atoms with van der Waals surface area (Å²) in [5.74, 6) is 0.152. The number of thiazole rings is 2. The zero-order chi connectivity index (χ0) is 31.8. The molecular weight excluding hydrogens is 639 g/mol. The maximum absolute atomic E-state index is 13.5. The fourth-order valence-corrected chi connectivity index (χ4v) is 9.77. The first kappa shape index (κ1) is 31.5. The van der Waals surface area contributed by atoms with Crippen LogP contribution in [-0.2, 0) is 13.0 Å². The third-order valence-corrected chi connectivity index (χ3v) is 12.4. The molecule has 242 valence electrons. The van der Waals surface area contributed by atoms with Crippen LogP contribution in [0.15, 0.2) is 46.6 Å². The number of carbonyl (C=O) groups is 1. The Labute approximate surface area is 279 Å². The van der Waals surface area contributed by atoms with E-state index in [2.05, 4.69) is 36.5 Å². The first-order valence-electron chi connectivity index (χ1n) is 15.9. The van der Waals surface area contributed by atoms with Crippen molar-refractivity contribution in [3.8, 4) is 5.75 Å². The van der Waals surface area contributed by atoms with Gasteiger partial charge >= 0.3 is 4.87 Å². The van der Waals surface area contributed by atoms with Gasteiger partial charge in [-0.25, -0.2) is 4.98 Å². The van der Waals surface area contributed by atoms with Crippen LogP contribution in [0.4, 0.5) is 0 Å². The number of aliphatic hydroxyl groups is 1. The summed E-state index contributed by atoms with van der Waals surface area (Å²) in [7, 11) is 0. The maximum Gasteiger partial charge on any atom is 0.305 e. The third kappa shape index (κ3) is 6.65. The van der Waals surface area contributed by atoms with Gasteiger partial charge in [-0.15, -0.1) is 22.7 Å². The van der Waals surface area contributed by atoms with Gasteiger partial charge in [0.1, 0.15) is 11.3 Å². The van der Waals surface area contributed by atoms with Crippen molar-refractivity contribution in [2.24, 2.45) is 5.41 Å². The monoisotopic (exact) mass is 677 g/mol. The second-order valence-corrected chi connectivity index (χ2v) is 16.0. The molecule has 5 aromatic rings. The number of piperidine rings is 2. The third-order valence-electron chi connectivity index (χ3n) is 9.57. The minimum atomic E-state index is -0.776. The number of phenols is 1. The van der Waals surface area contributed by atoms with E-state index in [0.717, 1.165) is 97.1 Å². The van der Waals surface area contributed by atoms with E-state index in [1.165, 1.54) is 22.9 Å². The number of fused-ring (bicyclic) bond motifs is 2. The minimum Gasteiger partial charge on any atom is -0.506 e. The van der Waals surface area contributed by atoms with Gasteiger partial charge in [-0.2, -0.15) is 0 Å². The number of aromatic nitrogens is 2. The summed E-state index contributed by atoms with van der Waals surface area (Å²) in [5, 5.41) is 27.3. The quantitative estimate of drug-likeness (QED) is 0.149. The van der Waals surface area contributed by atoms with Crippen LogP contribution in [0.3, 0.4) is 0 Å². The van der Waals surface area contributed by atoms with Crippen LogP contribution in [0.1, 0.15) is 63.2 Å². The van der Waals surface area contributed by atoms with Crippen LogP contribution in [0.5, 0.6) is 5.75 Å². The topological polar surface area (TPSA) is 122 Å². The number of H-pyrrole nitrogens is 1. The number of nitrogens with one attached hydrogen (secondary N) is 2. The number of phenolic OH excluding ortho intramolecular Hbond substituents is 1. The van der Waals surface area contributed by atoms with Crippen LogP contribution in [0, 0.1) is 12.3 Å². The van der Waals surface area contributed by atoms with Crippen LogP contribution in [0.2, 0.25) is 0 Å². The highest BCUT2D eigenvalue weighted by Crippen LogP contribution is 2.41. The predicted molar refractivity (Wildman–Crippen MR) is 186 cm³/mol. The van der Waals surface area contributed by atoms with E-state index in [9.17, 15) is 19.8 Å². The number of thiophene rings is 1. The number of rotatable bonds is 9. The van der Waals surface area contributed by atoms with E-state index < -0.39 is 6.10 Å². The highest BCUT2D eigenvalue weighted by molar-refractivity contribution is 7.18. The van der Waals surface area contributed by atoms with Gasteiger partial charge in [0, 0.05) is 42.2 Å². The Balaban J connectivity index is 0.870. The molecule has 46 heavy (non-hydrogen) atoms. The molecular formula is C34H39N5O4S3. The number of aromatic amines is 1. The molecule has 2 fully saturated rings. The zero-order valence-corrected chi connectivity index (χ0v) is 28.3. The van der Waals surface area contributed by atoms with Crippen molar-refractivity contribution in [3.05, 3.63) is 78.0 Å². The lowest BCUT2D eigenvalue weighted by Gasteiger charge is -2.47. The summed E-state index contributed by atoms with van der Waals surface area (Å²) in [5.41, 5.74) is 4.20. The fourth-order valence-electron chi connectivity index (χ4n) is 7.08. The number of likely N-dealkylation sites (tertiary alicyclic amines) is 2. The SMILES string of the molecule is Cc1nc2cc(C(=O)N3CCCC4(CCN(Cc5cc(CCNC[C@H](O)c6ccc(O)c7[nH]c(=O)sc67)cs5)CC4)C3)ccc2s1. The number of hydrogen-bond donors (Lipinski definition) is 4. The molecule has 1 amide bonds. The Bertz CT molecular complexity index is 1920. The van der Waals surface area contributed by atoms with Crippen molar-refractivity contribution in [1.29, 1.82) is 0 Å². The van der Waals surface area contributed by atoms with Crippen molar-refractivity contribution >= 4 is 60.4 Å². The van der Waals surface area contributed by atoms with E-state index in [-0.39, 0.29) is 21.9 Å². The number of nitrogens with zero attached hydrogens (tertiary/aromatic N) is 3. The van der Waals surface area contributed by atoms with Crippen molar-refractivity contribution < 1.29 is 15.0 Å². The molecule has 9 nitrogen and oxygen atoms in total. The lowest BCUT2D eigenvalue weighted by Crippen LogP contribution is -2.51. The molecule has 0 bridgehead atoms. The molecule has 0 unspecified atom stereocenters. The van der Waals surface area contributed by atoms with Crippen molar-refractivity contribution in [3.63, 3.8) is 0 Å². The average molecular weight is 678 g/mol. The van der Waals surface area contributed by atoms with E-state index in [4.69, 9.17) is 0 Å². The van der Waals surface area contributed by atoms with Gasteiger partial charge in [0.25, 0.3) is 5.91 Å². The van der Waals surface area contributed by atoms with E-state index in [0.29, 0.717) is 22.3 Å². The average Bonchev–Trinajstić information content (AvgIpc) is 3.77. The predicted octanol–water partition coefficient (Wildman–Crippen LogP) is 5.66. The Morgan fingerprint density at radius 3 is 2.83 bits per heavy atom. The molecule has 0 saturated carbocycles. The molecule has 1 spiro atoms. The molecule has 2 aliphatic rings. The van der Waals surface area contributed by atoms with Gasteiger partial charge in [-0.05, 0) is 105 Å². The van der Waals surface area contributed by atoms with Gasteiger partial charge in [0.05, 0.1) is 26.0 Å². The van der Waals surface area contributed by atoms with Crippen LogP contribution in [0.25, 0.3) is 20.4 Å². The van der Waals surface area contributed by atoms with Crippen LogP contribution in [-0.4, -0.2) is 75.2 Å². The summed E-state index contributed by atoms with van der Waals surface area (Å²) in [6, 6.07) is 11.4. The van der Waals surface area contributed by atoms with Gasteiger partial charge < -0.3 is 25.4 Å². The number of hydrogen-bond acceptors (Lipinski definition) is 10.